The van der Waals surface area contributed by atoms with Gasteiger partial charge in [0.05, 0.1) is 0 Å². The van der Waals surface area contributed by atoms with Gasteiger partial charge in [-0.2, -0.15) is 0 Å². The van der Waals surface area contributed by atoms with Crippen LogP contribution in [0.4, 0.5) is 0 Å². The van der Waals surface area contributed by atoms with Gasteiger partial charge in [0.25, 0.3) is 5.91 Å². The SMILES string of the molecule is Cc1cc(C)cc(O[C@H](C)C(=O)NCC2(N3CCN(C)CC3)CCCCC2)c1. The molecule has 3 rings (SSSR count). The minimum Gasteiger partial charge on any atom is -0.481 e. The van der Waals surface area contributed by atoms with Crippen LogP contribution in [-0.2, 0) is 4.79 Å². The molecule has 28 heavy (non-hydrogen) atoms. The normalized spacial score (nSPS) is 21.9. The Morgan fingerprint density at radius 1 is 1.07 bits per heavy atom. The molecular formula is C23H37N3O2. The molecule has 2 aliphatic rings. The number of hydrogen-bond donors (Lipinski definition) is 1. The average Bonchev–Trinajstić information content (AvgIpc) is 2.66. The standard InChI is InChI=1S/C23H37N3O2/c1-18-14-19(2)16-21(15-18)28-20(3)22(27)24-17-23(8-6-5-7-9-23)26-12-10-25(4)11-13-26/h14-16,20H,5-13,17H2,1-4H3,(H,24,27)/t20-/m1/s1. The van der Waals surface area contributed by atoms with Gasteiger partial charge in [-0.1, -0.05) is 25.3 Å². The lowest BCUT2D eigenvalue weighted by atomic mass is 9.79. The maximum Gasteiger partial charge on any atom is 0.260 e. The molecule has 1 aliphatic heterocycles. The number of ether oxygens (including phenoxy) is 1. The Hall–Kier alpha value is -1.59. The van der Waals surface area contributed by atoms with E-state index >= 15 is 0 Å². The maximum absolute atomic E-state index is 12.8. The van der Waals surface area contributed by atoms with Crippen LogP contribution in [0, 0.1) is 13.8 Å². The van der Waals surface area contributed by atoms with Crippen molar-refractivity contribution in [2.24, 2.45) is 0 Å². The number of piperazine rings is 1. The van der Waals surface area contributed by atoms with Crippen molar-refractivity contribution in [1.29, 1.82) is 0 Å². The van der Waals surface area contributed by atoms with Gasteiger partial charge in [-0.25, -0.2) is 0 Å². The van der Waals surface area contributed by atoms with Gasteiger partial charge in [0.1, 0.15) is 5.75 Å². The highest BCUT2D eigenvalue weighted by molar-refractivity contribution is 5.80. The number of amides is 1. The van der Waals surface area contributed by atoms with Crippen molar-refractivity contribution in [3.63, 3.8) is 0 Å². The second-order valence-electron chi connectivity index (χ2n) is 8.88. The first-order valence-electron chi connectivity index (χ1n) is 10.8. The Morgan fingerprint density at radius 2 is 1.68 bits per heavy atom. The predicted molar refractivity (Wildman–Crippen MR) is 114 cm³/mol. The summed E-state index contributed by atoms with van der Waals surface area (Å²) in [5.41, 5.74) is 2.42. The number of hydrogen-bond acceptors (Lipinski definition) is 4. The van der Waals surface area contributed by atoms with Crippen molar-refractivity contribution in [3.05, 3.63) is 29.3 Å². The fourth-order valence-electron chi connectivity index (χ4n) is 4.75. The molecule has 0 aromatic heterocycles. The van der Waals surface area contributed by atoms with Crippen LogP contribution in [0.25, 0.3) is 0 Å². The van der Waals surface area contributed by atoms with Gasteiger partial charge in [0, 0.05) is 38.3 Å². The third-order valence-electron chi connectivity index (χ3n) is 6.43. The monoisotopic (exact) mass is 387 g/mol. The van der Waals surface area contributed by atoms with E-state index in [-0.39, 0.29) is 11.4 Å². The van der Waals surface area contributed by atoms with E-state index in [1.165, 1.54) is 32.1 Å². The van der Waals surface area contributed by atoms with Crippen LogP contribution >= 0.6 is 0 Å². The molecule has 0 bridgehead atoms. The lowest BCUT2D eigenvalue weighted by Gasteiger charge is -2.49. The van der Waals surface area contributed by atoms with Crippen LogP contribution < -0.4 is 10.1 Å². The Morgan fingerprint density at radius 3 is 2.29 bits per heavy atom. The van der Waals surface area contributed by atoms with Gasteiger partial charge in [-0.15, -0.1) is 0 Å². The largest absolute Gasteiger partial charge is 0.481 e. The molecule has 1 atom stereocenters. The molecule has 1 aromatic carbocycles. The second kappa shape index (κ2) is 9.27. The van der Waals surface area contributed by atoms with E-state index in [4.69, 9.17) is 4.74 Å². The van der Waals surface area contributed by atoms with E-state index in [9.17, 15) is 4.79 Å². The van der Waals surface area contributed by atoms with Crippen molar-refractivity contribution < 1.29 is 9.53 Å². The van der Waals surface area contributed by atoms with Crippen molar-refractivity contribution in [1.82, 2.24) is 15.1 Å². The van der Waals surface area contributed by atoms with E-state index in [0.717, 1.165) is 49.6 Å². The van der Waals surface area contributed by atoms with Crippen LogP contribution in [0.2, 0.25) is 0 Å². The van der Waals surface area contributed by atoms with Gasteiger partial charge < -0.3 is 15.0 Å². The molecule has 0 unspecified atom stereocenters. The van der Waals surface area contributed by atoms with E-state index < -0.39 is 6.10 Å². The summed E-state index contributed by atoms with van der Waals surface area (Å²) in [7, 11) is 2.19. The van der Waals surface area contributed by atoms with Crippen LogP contribution in [0.15, 0.2) is 18.2 Å². The number of rotatable bonds is 6. The van der Waals surface area contributed by atoms with Gasteiger partial charge in [0.15, 0.2) is 6.10 Å². The quantitative estimate of drug-likeness (QED) is 0.815. The highest BCUT2D eigenvalue weighted by atomic mass is 16.5. The van der Waals surface area contributed by atoms with Crippen molar-refractivity contribution in [3.8, 4) is 5.75 Å². The summed E-state index contributed by atoms with van der Waals surface area (Å²) in [6, 6.07) is 6.09. The van der Waals surface area contributed by atoms with Crippen LogP contribution in [0.3, 0.4) is 0 Å². The summed E-state index contributed by atoms with van der Waals surface area (Å²) in [5.74, 6) is 0.754. The smallest absolute Gasteiger partial charge is 0.260 e. The number of aryl methyl sites for hydroxylation is 2. The first kappa shape index (κ1) is 21.1. The van der Waals surface area contributed by atoms with E-state index in [1.54, 1.807) is 0 Å². The highest BCUT2D eigenvalue weighted by Crippen LogP contribution is 2.34. The molecule has 1 saturated heterocycles. The Kier molecular flexibility index (Phi) is 7.00. The van der Waals surface area contributed by atoms with Gasteiger partial charge in [-0.05, 0) is 63.9 Å². The van der Waals surface area contributed by atoms with E-state index in [2.05, 4.69) is 28.2 Å². The molecular weight excluding hydrogens is 350 g/mol. The number of likely N-dealkylation sites (N-methyl/N-ethyl adjacent to an activating group) is 1. The zero-order valence-electron chi connectivity index (χ0n) is 18.1. The van der Waals surface area contributed by atoms with Crippen molar-refractivity contribution >= 4 is 5.91 Å². The summed E-state index contributed by atoms with van der Waals surface area (Å²) in [5, 5.41) is 3.23. The number of benzene rings is 1. The topological polar surface area (TPSA) is 44.8 Å². The minimum atomic E-state index is -0.491. The third-order valence-corrected chi connectivity index (χ3v) is 6.43. The first-order chi connectivity index (χ1) is 13.4. The maximum atomic E-state index is 12.8. The van der Waals surface area contributed by atoms with Crippen LogP contribution in [0.1, 0.15) is 50.2 Å². The number of nitrogens with zero attached hydrogens (tertiary/aromatic N) is 2. The van der Waals surface area contributed by atoms with Crippen LogP contribution in [-0.4, -0.2) is 67.1 Å². The summed E-state index contributed by atoms with van der Waals surface area (Å²) in [4.78, 5) is 17.8. The average molecular weight is 388 g/mol. The molecule has 1 saturated carbocycles. The molecule has 0 spiro atoms. The number of carbonyl (C=O) groups is 1. The Labute approximate surface area is 170 Å². The molecule has 1 aliphatic carbocycles. The second-order valence-corrected chi connectivity index (χ2v) is 8.88. The molecule has 1 amide bonds. The molecule has 1 N–H and O–H groups in total. The lowest BCUT2D eigenvalue weighted by Crippen LogP contribution is -2.62. The summed E-state index contributed by atoms with van der Waals surface area (Å²) < 4.78 is 5.94. The Balaban J connectivity index is 1.59. The summed E-state index contributed by atoms with van der Waals surface area (Å²) >= 11 is 0. The molecule has 5 heteroatoms. The summed E-state index contributed by atoms with van der Waals surface area (Å²) in [6.45, 7) is 11.1. The molecule has 1 heterocycles. The number of carbonyl (C=O) groups excluding carboxylic acids is 1. The molecule has 5 nitrogen and oxygen atoms in total. The van der Waals surface area contributed by atoms with Crippen molar-refractivity contribution in [2.45, 2.75) is 64.5 Å². The van der Waals surface area contributed by atoms with Crippen LogP contribution in [0.5, 0.6) is 5.75 Å². The molecule has 1 aromatic rings. The summed E-state index contributed by atoms with van der Waals surface area (Å²) in [6.07, 6.45) is 5.71. The third kappa shape index (κ3) is 5.26. The van der Waals surface area contributed by atoms with Gasteiger partial charge >= 0.3 is 0 Å². The molecule has 2 fully saturated rings. The zero-order valence-corrected chi connectivity index (χ0v) is 18.1. The fraction of sp³-hybridized carbons (Fsp3) is 0.696. The zero-order chi connectivity index (χ0) is 20.1. The van der Waals surface area contributed by atoms with Gasteiger partial charge in [0.2, 0.25) is 0 Å². The first-order valence-corrected chi connectivity index (χ1v) is 10.8. The predicted octanol–water partition coefficient (Wildman–Crippen LogP) is 3.14. The lowest BCUT2D eigenvalue weighted by molar-refractivity contribution is -0.128. The molecule has 156 valence electrons. The van der Waals surface area contributed by atoms with Crippen molar-refractivity contribution in [2.75, 3.05) is 39.8 Å². The minimum absolute atomic E-state index is 0.0155. The van der Waals surface area contributed by atoms with Gasteiger partial charge in [-0.3, -0.25) is 9.69 Å². The molecule has 0 radical (unpaired) electrons. The van der Waals surface area contributed by atoms with E-state index in [0.29, 0.717) is 0 Å². The fourth-order valence-corrected chi connectivity index (χ4v) is 4.75. The van der Waals surface area contributed by atoms with E-state index in [1.807, 2.05) is 32.9 Å². The Bertz CT molecular complexity index is 642. The number of nitrogens with one attached hydrogen (secondary N) is 1. The highest BCUT2D eigenvalue weighted by Gasteiger charge is 2.39.